The summed E-state index contributed by atoms with van der Waals surface area (Å²) in [4.78, 5) is 13.7. The van der Waals surface area contributed by atoms with Crippen molar-refractivity contribution in [3.05, 3.63) is 24.3 Å². The molecule has 2 N–H and O–H groups in total. The number of hydrogen-bond acceptors (Lipinski definition) is 5. The molecule has 0 unspecified atom stereocenters. The number of hydrogen-bond donors (Lipinski definition) is 1. The second-order valence-corrected chi connectivity index (χ2v) is 6.10. The van der Waals surface area contributed by atoms with E-state index in [0.717, 1.165) is 42.9 Å². The molecule has 1 aliphatic heterocycles. The molecule has 0 spiro atoms. The SMILES string of the molecule is CC(C)CN1CCN(c2nc(N)nc3ccccc23)CC1. The summed E-state index contributed by atoms with van der Waals surface area (Å²) in [7, 11) is 0. The number of nitrogens with zero attached hydrogens (tertiary/aromatic N) is 4. The van der Waals surface area contributed by atoms with Crippen molar-refractivity contribution in [1.29, 1.82) is 0 Å². The van der Waals surface area contributed by atoms with Crippen molar-refractivity contribution >= 4 is 22.7 Å². The quantitative estimate of drug-likeness (QED) is 0.934. The predicted octanol–water partition coefficient (Wildman–Crippen LogP) is 1.99. The van der Waals surface area contributed by atoms with Crippen molar-refractivity contribution in [3.63, 3.8) is 0 Å². The number of para-hydroxylation sites is 1. The molecule has 21 heavy (non-hydrogen) atoms. The van der Waals surface area contributed by atoms with Crippen molar-refractivity contribution in [1.82, 2.24) is 14.9 Å². The third-order valence-corrected chi connectivity index (χ3v) is 3.90. The molecule has 0 radical (unpaired) electrons. The van der Waals surface area contributed by atoms with Gasteiger partial charge in [-0.3, -0.25) is 4.90 Å². The molecule has 1 aromatic heterocycles. The van der Waals surface area contributed by atoms with Crippen LogP contribution in [-0.2, 0) is 0 Å². The van der Waals surface area contributed by atoms with Gasteiger partial charge in [0.25, 0.3) is 0 Å². The summed E-state index contributed by atoms with van der Waals surface area (Å²) >= 11 is 0. The van der Waals surface area contributed by atoms with Gasteiger partial charge in [0.15, 0.2) is 0 Å². The Morgan fingerprint density at radius 3 is 2.52 bits per heavy atom. The van der Waals surface area contributed by atoms with Gasteiger partial charge in [0.1, 0.15) is 5.82 Å². The Kier molecular flexibility index (Phi) is 3.92. The van der Waals surface area contributed by atoms with Crippen LogP contribution in [0.3, 0.4) is 0 Å². The average molecular weight is 285 g/mol. The second-order valence-electron chi connectivity index (χ2n) is 6.10. The Balaban J connectivity index is 1.82. The summed E-state index contributed by atoms with van der Waals surface area (Å²) in [5, 5.41) is 1.09. The minimum Gasteiger partial charge on any atom is -0.368 e. The fourth-order valence-electron chi connectivity index (χ4n) is 2.98. The van der Waals surface area contributed by atoms with Gasteiger partial charge < -0.3 is 10.6 Å². The van der Waals surface area contributed by atoms with Crippen LogP contribution in [0.1, 0.15) is 13.8 Å². The highest BCUT2D eigenvalue weighted by Gasteiger charge is 2.20. The molecule has 2 heterocycles. The lowest BCUT2D eigenvalue weighted by molar-refractivity contribution is 0.231. The van der Waals surface area contributed by atoms with E-state index in [2.05, 4.69) is 39.7 Å². The van der Waals surface area contributed by atoms with E-state index in [4.69, 9.17) is 5.73 Å². The van der Waals surface area contributed by atoms with Gasteiger partial charge in [-0.1, -0.05) is 26.0 Å². The molecular formula is C16H23N5. The van der Waals surface area contributed by atoms with Gasteiger partial charge >= 0.3 is 0 Å². The molecule has 2 aromatic rings. The zero-order valence-electron chi connectivity index (χ0n) is 12.8. The number of aromatic nitrogens is 2. The Hall–Kier alpha value is -1.88. The molecule has 1 aromatic carbocycles. The van der Waals surface area contributed by atoms with Gasteiger partial charge in [0.05, 0.1) is 5.52 Å². The van der Waals surface area contributed by atoms with Gasteiger partial charge in [-0.05, 0) is 18.1 Å². The summed E-state index contributed by atoms with van der Waals surface area (Å²) in [5.74, 6) is 2.04. The van der Waals surface area contributed by atoms with Crippen LogP contribution in [0.15, 0.2) is 24.3 Å². The topological polar surface area (TPSA) is 58.3 Å². The van der Waals surface area contributed by atoms with E-state index in [1.165, 1.54) is 6.54 Å². The fourth-order valence-corrected chi connectivity index (χ4v) is 2.98. The molecular weight excluding hydrogens is 262 g/mol. The molecule has 112 valence electrons. The third kappa shape index (κ3) is 3.08. The van der Waals surface area contributed by atoms with Gasteiger partial charge in [-0.2, -0.15) is 4.98 Å². The second kappa shape index (κ2) is 5.85. The van der Waals surface area contributed by atoms with Gasteiger partial charge in [0, 0.05) is 38.1 Å². The molecule has 3 rings (SSSR count). The Bertz CT molecular complexity index is 617. The molecule has 0 amide bonds. The molecule has 0 bridgehead atoms. The number of fused-ring (bicyclic) bond motifs is 1. The van der Waals surface area contributed by atoms with Crippen LogP contribution in [0.4, 0.5) is 11.8 Å². The highest BCUT2D eigenvalue weighted by Crippen LogP contribution is 2.25. The summed E-state index contributed by atoms with van der Waals surface area (Å²) in [6.45, 7) is 9.85. The van der Waals surface area contributed by atoms with E-state index in [1.54, 1.807) is 0 Å². The molecule has 0 atom stereocenters. The number of anilines is 2. The maximum absolute atomic E-state index is 5.87. The van der Waals surface area contributed by atoms with Crippen LogP contribution >= 0.6 is 0 Å². The van der Waals surface area contributed by atoms with Gasteiger partial charge in [-0.15, -0.1) is 0 Å². The smallest absolute Gasteiger partial charge is 0.222 e. The lowest BCUT2D eigenvalue weighted by Gasteiger charge is -2.36. The monoisotopic (exact) mass is 285 g/mol. The van der Waals surface area contributed by atoms with Crippen LogP contribution in [0, 0.1) is 5.92 Å². The summed E-state index contributed by atoms with van der Waals surface area (Å²) in [6.07, 6.45) is 0. The molecule has 0 aliphatic carbocycles. The number of nitrogens with two attached hydrogens (primary N) is 1. The third-order valence-electron chi connectivity index (χ3n) is 3.90. The van der Waals surface area contributed by atoms with Crippen molar-refractivity contribution in [2.45, 2.75) is 13.8 Å². The van der Waals surface area contributed by atoms with Crippen LogP contribution in [0.25, 0.3) is 10.9 Å². The number of benzene rings is 1. The summed E-state index contributed by atoms with van der Waals surface area (Å²) in [6, 6.07) is 8.08. The predicted molar refractivity (Wildman–Crippen MR) is 87.4 cm³/mol. The van der Waals surface area contributed by atoms with Gasteiger partial charge in [0.2, 0.25) is 5.95 Å². The molecule has 0 saturated carbocycles. The Morgan fingerprint density at radius 1 is 1.10 bits per heavy atom. The first-order valence-corrected chi connectivity index (χ1v) is 7.63. The minimum absolute atomic E-state index is 0.355. The molecule has 5 heteroatoms. The van der Waals surface area contributed by atoms with Crippen molar-refractivity contribution in [3.8, 4) is 0 Å². The van der Waals surface area contributed by atoms with Crippen molar-refractivity contribution < 1.29 is 0 Å². The normalized spacial score (nSPS) is 16.8. The molecule has 1 saturated heterocycles. The van der Waals surface area contributed by atoms with Crippen LogP contribution < -0.4 is 10.6 Å². The maximum Gasteiger partial charge on any atom is 0.222 e. The van der Waals surface area contributed by atoms with E-state index >= 15 is 0 Å². The largest absolute Gasteiger partial charge is 0.368 e. The summed E-state index contributed by atoms with van der Waals surface area (Å²) < 4.78 is 0. The van der Waals surface area contributed by atoms with Crippen molar-refractivity contribution in [2.24, 2.45) is 5.92 Å². The zero-order chi connectivity index (χ0) is 14.8. The standard InChI is InChI=1S/C16H23N5/c1-12(2)11-20-7-9-21(10-8-20)15-13-5-3-4-6-14(13)18-16(17)19-15/h3-6,12H,7-11H2,1-2H3,(H2,17,18,19). The van der Waals surface area contributed by atoms with E-state index in [9.17, 15) is 0 Å². The fraction of sp³-hybridized carbons (Fsp3) is 0.500. The number of piperazine rings is 1. The number of nitrogen functional groups attached to an aromatic ring is 1. The van der Waals surface area contributed by atoms with Crippen molar-refractivity contribution in [2.75, 3.05) is 43.4 Å². The first-order valence-electron chi connectivity index (χ1n) is 7.63. The molecule has 1 aliphatic rings. The average Bonchev–Trinajstić information content (AvgIpc) is 2.46. The Morgan fingerprint density at radius 2 is 1.81 bits per heavy atom. The van der Waals surface area contributed by atoms with E-state index < -0.39 is 0 Å². The van der Waals surface area contributed by atoms with Crippen LogP contribution in [0.5, 0.6) is 0 Å². The first kappa shape index (κ1) is 14.1. The maximum atomic E-state index is 5.87. The first-order chi connectivity index (χ1) is 10.1. The highest BCUT2D eigenvalue weighted by molar-refractivity contribution is 5.90. The molecule has 1 fully saturated rings. The van der Waals surface area contributed by atoms with Gasteiger partial charge in [-0.25, -0.2) is 4.98 Å². The van der Waals surface area contributed by atoms with E-state index in [-0.39, 0.29) is 0 Å². The highest BCUT2D eigenvalue weighted by atomic mass is 15.3. The number of rotatable bonds is 3. The Labute approximate surface area is 125 Å². The molecule has 5 nitrogen and oxygen atoms in total. The van der Waals surface area contributed by atoms with Crippen LogP contribution in [0.2, 0.25) is 0 Å². The lowest BCUT2D eigenvalue weighted by Crippen LogP contribution is -2.47. The minimum atomic E-state index is 0.355. The lowest BCUT2D eigenvalue weighted by atomic mass is 10.1. The van der Waals surface area contributed by atoms with Crippen LogP contribution in [-0.4, -0.2) is 47.6 Å². The summed E-state index contributed by atoms with van der Waals surface area (Å²) in [5.41, 5.74) is 6.79. The van der Waals surface area contributed by atoms with E-state index in [1.807, 2.05) is 18.2 Å². The van der Waals surface area contributed by atoms with E-state index in [0.29, 0.717) is 11.9 Å². The zero-order valence-corrected chi connectivity index (χ0v) is 12.8.